The van der Waals surface area contributed by atoms with Crippen LogP contribution in [0.1, 0.15) is 13.3 Å². The third-order valence-electron chi connectivity index (χ3n) is 3.15. The van der Waals surface area contributed by atoms with Gasteiger partial charge in [-0.2, -0.15) is 0 Å². The second-order valence-corrected chi connectivity index (χ2v) is 4.60. The molecule has 1 unspecified atom stereocenters. The van der Waals surface area contributed by atoms with Crippen LogP contribution >= 0.6 is 0 Å². The number of benzene rings is 1. The summed E-state index contributed by atoms with van der Waals surface area (Å²) >= 11 is 0. The first-order chi connectivity index (χ1) is 9.54. The average molecular weight is 278 g/mol. The minimum Gasteiger partial charge on any atom is -0.466 e. The standard InChI is InChI=1S/C14H18N2O4/c1-3-20-13(18)8-10(17)9-16-12-7-5-4-6-11(12)15(2)14(16)19/h4-7,10,17H,3,8-9H2,1-2H3. The molecule has 0 aliphatic heterocycles. The zero-order valence-corrected chi connectivity index (χ0v) is 11.6. The van der Waals surface area contributed by atoms with Crippen LogP contribution < -0.4 is 5.69 Å². The molecule has 1 aromatic carbocycles. The van der Waals surface area contributed by atoms with E-state index in [9.17, 15) is 14.7 Å². The molecule has 1 heterocycles. The molecular formula is C14H18N2O4. The number of para-hydroxylation sites is 2. The fourth-order valence-corrected chi connectivity index (χ4v) is 2.23. The summed E-state index contributed by atoms with van der Waals surface area (Å²) in [6.45, 7) is 2.05. The van der Waals surface area contributed by atoms with Crippen LogP contribution in [-0.4, -0.2) is 32.9 Å². The van der Waals surface area contributed by atoms with Gasteiger partial charge in [-0.05, 0) is 19.1 Å². The highest BCUT2D eigenvalue weighted by molar-refractivity contribution is 5.76. The van der Waals surface area contributed by atoms with Gasteiger partial charge < -0.3 is 9.84 Å². The number of aromatic nitrogens is 2. The minimum atomic E-state index is -0.947. The molecule has 0 saturated carbocycles. The SMILES string of the molecule is CCOC(=O)CC(O)Cn1c(=O)n(C)c2ccccc21. The zero-order chi connectivity index (χ0) is 14.7. The van der Waals surface area contributed by atoms with Crippen LogP contribution in [0, 0.1) is 0 Å². The number of fused-ring (bicyclic) bond motifs is 1. The molecule has 0 saturated heterocycles. The van der Waals surface area contributed by atoms with Crippen LogP contribution in [-0.2, 0) is 23.1 Å². The van der Waals surface area contributed by atoms with Crippen molar-refractivity contribution in [3.05, 3.63) is 34.7 Å². The Morgan fingerprint density at radius 2 is 2.00 bits per heavy atom. The summed E-state index contributed by atoms with van der Waals surface area (Å²) in [6.07, 6.45) is -1.07. The van der Waals surface area contributed by atoms with Crippen LogP contribution in [0.5, 0.6) is 0 Å². The van der Waals surface area contributed by atoms with Gasteiger partial charge in [0.25, 0.3) is 0 Å². The third kappa shape index (κ3) is 2.75. The summed E-state index contributed by atoms with van der Waals surface area (Å²) in [4.78, 5) is 23.5. The Morgan fingerprint density at radius 3 is 2.65 bits per heavy atom. The number of hydrogen-bond donors (Lipinski definition) is 1. The maximum absolute atomic E-state index is 12.1. The summed E-state index contributed by atoms with van der Waals surface area (Å²) in [5.74, 6) is -0.465. The molecule has 1 aromatic heterocycles. The van der Waals surface area contributed by atoms with Crippen molar-refractivity contribution in [3.8, 4) is 0 Å². The Kier molecular flexibility index (Phi) is 4.24. The largest absolute Gasteiger partial charge is 0.466 e. The summed E-state index contributed by atoms with van der Waals surface area (Å²) in [5.41, 5.74) is 1.32. The van der Waals surface area contributed by atoms with Crippen molar-refractivity contribution in [3.63, 3.8) is 0 Å². The fourth-order valence-electron chi connectivity index (χ4n) is 2.23. The summed E-state index contributed by atoms with van der Waals surface area (Å²) in [6, 6.07) is 7.33. The lowest BCUT2D eigenvalue weighted by Gasteiger charge is -2.10. The highest BCUT2D eigenvalue weighted by atomic mass is 16.5. The van der Waals surface area contributed by atoms with Gasteiger partial charge in [0.15, 0.2) is 0 Å². The number of aliphatic hydroxyl groups is 1. The molecule has 108 valence electrons. The Labute approximate surface area is 116 Å². The molecule has 0 radical (unpaired) electrons. The second kappa shape index (κ2) is 5.92. The van der Waals surface area contributed by atoms with Crippen LogP contribution in [0.25, 0.3) is 11.0 Å². The molecule has 0 bridgehead atoms. The summed E-state index contributed by atoms with van der Waals surface area (Å²) in [5, 5.41) is 9.92. The number of ether oxygens (including phenoxy) is 1. The van der Waals surface area contributed by atoms with Gasteiger partial charge in [0.2, 0.25) is 0 Å². The topological polar surface area (TPSA) is 73.5 Å². The molecule has 0 aliphatic rings. The number of rotatable bonds is 5. The number of esters is 1. The first kappa shape index (κ1) is 14.3. The van der Waals surface area contributed by atoms with Crippen LogP contribution in [0.4, 0.5) is 0 Å². The van der Waals surface area contributed by atoms with Gasteiger partial charge in [0.05, 0.1) is 36.7 Å². The van der Waals surface area contributed by atoms with E-state index in [1.54, 1.807) is 14.0 Å². The third-order valence-corrected chi connectivity index (χ3v) is 3.15. The molecule has 2 aromatic rings. The van der Waals surface area contributed by atoms with E-state index >= 15 is 0 Å². The lowest BCUT2D eigenvalue weighted by Crippen LogP contribution is -2.29. The maximum Gasteiger partial charge on any atom is 0.328 e. The monoisotopic (exact) mass is 278 g/mol. The first-order valence-electron chi connectivity index (χ1n) is 6.52. The van der Waals surface area contributed by atoms with Gasteiger partial charge in [-0.3, -0.25) is 13.9 Å². The van der Waals surface area contributed by atoms with Crippen molar-refractivity contribution < 1.29 is 14.6 Å². The van der Waals surface area contributed by atoms with E-state index in [4.69, 9.17) is 4.74 Å². The Balaban J connectivity index is 2.24. The number of aryl methyl sites for hydroxylation is 1. The van der Waals surface area contributed by atoms with Gasteiger partial charge in [0.1, 0.15) is 0 Å². The Morgan fingerprint density at radius 1 is 1.35 bits per heavy atom. The van der Waals surface area contributed by atoms with Crippen molar-refractivity contribution >= 4 is 17.0 Å². The second-order valence-electron chi connectivity index (χ2n) is 4.60. The predicted octanol–water partition coefficient (Wildman–Crippen LogP) is 0.654. The summed E-state index contributed by atoms with van der Waals surface area (Å²) < 4.78 is 7.77. The molecule has 6 heteroatoms. The molecule has 1 atom stereocenters. The fraction of sp³-hybridized carbons (Fsp3) is 0.429. The normalized spacial score (nSPS) is 12.6. The maximum atomic E-state index is 12.1. The number of carbonyl (C=O) groups is 1. The van der Waals surface area contributed by atoms with Crippen LogP contribution in [0.15, 0.2) is 29.1 Å². The van der Waals surface area contributed by atoms with Crippen LogP contribution in [0.3, 0.4) is 0 Å². The molecule has 20 heavy (non-hydrogen) atoms. The highest BCUT2D eigenvalue weighted by Gasteiger charge is 2.16. The predicted molar refractivity (Wildman–Crippen MR) is 74.4 cm³/mol. The number of nitrogens with zero attached hydrogens (tertiary/aromatic N) is 2. The van der Waals surface area contributed by atoms with Crippen molar-refractivity contribution in [2.75, 3.05) is 6.61 Å². The zero-order valence-electron chi connectivity index (χ0n) is 11.6. The molecule has 0 aliphatic carbocycles. The van der Waals surface area contributed by atoms with Gasteiger partial charge >= 0.3 is 11.7 Å². The Bertz CT molecular complexity index is 671. The molecule has 0 spiro atoms. The quantitative estimate of drug-likeness (QED) is 0.815. The minimum absolute atomic E-state index is 0.0685. The van der Waals surface area contributed by atoms with Crippen molar-refractivity contribution in [2.24, 2.45) is 7.05 Å². The smallest absolute Gasteiger partial charge is 0.328 e. The van der Waals surface area contributed by atoms with Gasteiger partial charge in [-0.25, -0.2) is 4.79 Å². The number of hydrogen-bond acceptors (Lipinski definition) is 4. The van der Waals surface area contributed by atoms with Gasteiger partial charge in [-0.15, -0.1) is 0 Å². The van der Waals surface area contributed by atoms with Gasteiger partial charge in [-0.1, -0.05) is 12.1 Å². The molecule has 0 fully saturated rings. The van der Waals surface area contributed by atoms with Crippen LogP contribution in [0.2, 0.25) is 0 Å². The lowest BCUT2D eigenvalue weighted by atomic mass is 10.2. The lowest BCUT2D eigenvalue weighted by molar-refractivity contribution is -0.145. The number of carbonyl (C=O) groups excluding carboxylic acids is 1. The van der Waals surface area contributed by atoms with Crippen molar-refractivity contribution in [2.45, 2.75) is 26.0 Å². The van der Waals surface area contributed by atoms with E-state index in [2.05, 4.69) is 0 Å². The molecule has 6 nitrogen and oxygen atoms in total. The highest BCUT2D eigenvalue weighted by Crippen LogP contribution is 2.12. The molecule has 2 rings (SSSR count). The molecule has 0 amide bonds. The van der Waals surface area contributed by atoms with Crippen molar-refractivity contribution in [1.82, 2.24) is 9.13 Å². The number of aliphatic hydroxyl groups excluding tert-OH is 1. The van der Waals surface area contributed by atoms with E-state index in [-0.39, 0.29) is 25.3 Å². The van der Waals surface area contributed by atoms with E-state index in [1.165, 1.54) is 9.13 Å². The number of imidazole rings is 1. The van der Waals surface area contributed by atoms with Gasteiger partial charge in [0, 0.05) is 7.05 Å². The molecule has 1 N–H and O–H groups in total. The summed E-state index contributed by atoms with van der Waals surface area (Å²) in [7, 11) is 1.68. The van der Waals surface area contributed by atoms with E-state index < -0.39 is 12.1 Å². The van der Waals surface area contributed by atoms with E-state index in [0.29, 0.717) is 0 Å². The van der Waals surface area contributed by atoms with E-state index in [1.807, 2.05) is 24.3 Å². The Hall–Kier alpha value is -2.08. The molecular weight excluding hydrogens is 260 g/mol. The van der Waals surface area contributed by atoms with E-state index in [0.717, 1.165) is 11.0 Å². The first-order valence-corrected chi connectivity index (χ1v) is 6.52. The average Bonchev–Trinajstić information content (AvgIpc) is 2.65. The van der Waals surface area contributed by atoms with Crippen molar-refractivity contribution in [1.29, 1.82) is 0 Å².